The van der Waals surface area contributed by atoms with Crippen molar-refractivity contribution in [3.8, 4) is 0 Å². The molecule has 1 fully saturated rings. The van der Waals surface area contributed by atoms with E-state index in [-0.39, 0.29) is 5.91 Å². The van der Waals surface area contributed by atoms with Crippen LogP contribution in [0.3, 0.4) is 0 Å². The summed E-state index contributed by atoms with van der Waals surface area (Å²) in [6.07, 6.45) is 7.71. The van der Waals surface area contributed by atoms with E-state index in [0.29, 0.717) is 29.3 Å². The van der Waals surface area contributed by atoms with Gasteiger partial charge in [0.2, 0.25) is 0 Å². The van der Waals surface area contributed by atoms with Gasteiger partial charge in [-0.1, -0.05) is 30.5 Å². The molecule has 1 aromatic carbocycles. The van der Waals surface area contributed by atoms with Gasteiger partial charge in [0.25, 0.3) is 5.91 Å². The van der Waals surface area contributed by atoms with Gasteiger partial charge in [-0.15, -0.1) is 5.10 Å². The molecule has 0 saturated heterocycles. The summed E-state index contributed by atoms with van der Waals surface area (Å²) in [7, 11) is 1.76. The summed E-state index contributed by atoms with van der Waals surface area (Å²) < 4.78 is 6.55. The molecule has 1 amide bonds. The van der Waals surface area contributed by atoms with Gasteiger partial charge in [0, 0.05) is 13.6 Å². The summed E-state index contributed by atoms with van der Waals surface area (Å²) >= 11 is 0. The Morgan fingerprint density at radius 1 is 1.24 bits per heavy atom. The Morgan fingerprint density at radius 2 is 2.04 bits per heavy atom. The van der Waals surface area contributed by atoms with Gasteiger partial charge in [-0.05, 0) is 40.9 Å². The van der Waals surface area contributed by atoms with Crippen molar-refractivity contribution in [3.05, 3.63) is 35.7 Å². The number of fused-ring (bicyclic) bond motifs is 1. The lowest BCUT2D eigenvalue weighted by Gasteiger charge is -2.21. The minimum atomic E-state index is -0.138. The molecule has 0 spiro atoms. The summed E-state index contributed by atoms with van der Waals surface area (Å²) in [5, 5.41) is 15.9. The fourth-order valence-corrected chi connectivity index (χ4v) is 3.37. The lowest BCUT2D eigenvalue weighted by molar-refractivity contribution is 0.0779. The highest BCUT2D eigenvalue weighted by Gasteiger charge is 2.21. The Bertz CT molecular complexity index is 880. The molecule has 4 rings (SSSR count). The molecule has 1 aliphatic carbocycles. The van der Waals surface area contributed by atoms with Crippen LogP contribution in [0.2, 0.25) is 0 Å². The van der Waals surface area contributed by atoms with Crippen LogP contribution in [0.4, 0.5) is 0 Å². The monoisotopic (exact) mass is 340 g/mol. The van der Waals surface area contributed by atoms with Crippen molar-refractivity contribution in [1.29, 1.82) is 0 Å². The Morgan fingerprint density at radius 3 is 2.88 bits per heavy atom. The minimum Gasteiger partial charge on any atom is -0.336 e. The number of benzene rings is 1. The van der Waals surface area contributed by atoms with Crippen LogP contribution in [0, 0.1) is 0 Å². The van der Waals surface area contributed by atoms with Crippen molar-refractivity contribution >= 4 is 16.9 Å². The van der Waals surface area contributed by atoms with Crippen molar-refractivity contribution in [3.63, 3.8) is 0 Å². The van der Waals surface area contributed by atoms with E-state index in [1.165, 1.54) is 19.3 Å². The van der Waals surface area contributed by atoms with Crippen LogP contribution in [-0.2, 0) is 6.54 Å². The first kappa shape index (κ1) is 15.7. The highest BCUT2D eigenvalue weighted by atomic mass is 16.6. The second-order valence-corrected chi connectivity index (χ2v) is 6.62. The maximum atomic E-state index is 12.6. The number of aromatic nitrogens is 5. The summed E-state index contributed by atoms with van der Waals surface area (Å²) in [6, 6.07) is 5.98. The van der Waals surface area contributed by atoms with Crippen LogP contribution in [-0.4, -0.2) is 43.2 Å². The van der Waals surface area contributed by atoms with E-state index in [4.69, 9.17) is 4.63 Å². The van der Waals surface area contributed by atoms with Crippen LogP contribution in [0.5, 0.6) is 0 Å². The summed E-state index contributed by atoms with van der Waals surface area (Å²) in [5.74, 6) is -0.138. The zero-order valence-electron chi connectivity index (χ0n) is 14.1. The first-order chi connectivity index (χ1) is 12.2. The van der Waals surface area contributed by atoms with Gasteiger partial charge < -0.3 is 4.90 Å². The van der Waals surface area contributed by atoms with Gasteiger partial charge in [0.15, 0.2) is 5.69 Å². The standard InChI is InChI=1S/C17H20N6O2/c1-22(10-12-7-8-14-15(9-12)20-25-19-14)17(24)16-11-23(21-18-16)13-5-3-2-4-6-13/h7-9,11,13H,2-6,10H2,1H3. The largest absolute Gasteiger partial charge is 0.336 e. The molecule has 2 aromatic heterocycles. The summed E-state index contributed by atoms with van der Waals surface area (Å²) in [6.45, 7) is 0.456. The molecule has 25 heavy (non-hydrogen) atoms. The van der Waals surface area contributed by atoms with Gasteiger partial charge in [-0.25, -0.2) is 9.31 Å². The zero-order chi connectivity index (χ0) is 17.2. The molecule has 0 aliphatic heterocycles. The van der Waals surface area contributed by atoms with E-state index in [2.05, 4.69) is 20.6 Å². The normalized spacial score (nSPS) is 15.6. The van der Waals surface area contributed by atoms with E-state index in [1.807, 2.05) is 22.9 Å². The van der Waals surface area contributed by atoms with Crippen molar-refractivity contribution in [1.82, 2.24) is 30.2 Å². The summed E-state index contributed by atoms with van der Waals surface area (Å²) in [5.41, 5.74) is 2.73. The molecule has 0 N–H and O–H groups in total. The van der Waals surface area contributed by atoms with Gasteiger partial charge in [-0.3, -0.25) is 4.79 Å². The molecular formula is C17H20N6O2. The van der Waals surface area contributed by atoms with Crippen LogP contribution >= 0.6 is 0 Å². The molecule has 130 valence electrons. The number of rotatable bonds is 4. The molecule has 8 nitrogen and oxygen atoms in total. The second-order valence-electron chi connectivity index (χ2n) is 6.62. The predicted octanol–water partition coefficient (Wildman–Crippen LogP) is 2.59. The van der Waals surface area contributed by atoms with Crippen molar-refractivity contribution < 1.29 is 9.42 Å². The number of hydrogen-bond acceptors (Lipinski definition) is 6. The van der Waals surface area contributed by atoms with Gasteiger partial charge in [0.05, 0.1) is 12.2 Å². The molecule has 0 atom stereocenters. The third kappa shape index (κ3) is 3.24. The molecule has 8 heteroatoms. The molecule has 2 heterocycles. The Kier molecular flexibility index (Phi) is 4.17. The maximum absolute atomic E-state index is 12.6. The topological polar surface area (TPSA) is 89.9 Å². The van der Waals surface area contributed by atoms with Crippen LogP contribution in [0.1, 0.15) is 54.2 Å². The van der Waals surface area contributed by atoms with Crippen LogP contribution < -0.4 is 0 Å². The lowest BCUT2D eigenvalue weighted by Crippen LogP contribution is -2.26. The van der Waals surface area contributed by atoms with Gasteiger partial charge >= 0.3 is 0 Å². The average molecular weight is 340 g/mol. The zero-order valence-corrected chi connectivity index (χ0v) is 14.1. The van der Waals surface area contributed by atoms with Crippen molar-refractivity contribution in [2.75, 3.05) is 7.05 Å². The van der Waals surface area contributed by atoms with E-state index in [1.54, 1.807) is 18.1 Å². The van der Waals surface area contributed by atoms with E-state index in [0.717, 1.165) is 18.4 Å². The van der Waals surface area contributed by atoms with Gasteiger partial charge in [-0.2, -0.15) is 0 Å². The molecule has 1 saturated carbocycles. The fraction of sp³-hybridized carbons (Fsp3) is 0.471. The first-order valence-electron chi connectivity index (χ1n) is 8.59. The summed E-state index contributed by atoms with van der Waals surface area (Å²) in [4.78, 5) is 14.3. The average Bonchev–Trinajstić information content (AvgIpc) is 3.31. The maximum Gasteiger partial charge on any atom is 0.276 e. The highest BCUT2D eigenvalue weighted by Crippen LogP contribution is 2.27. The van der Waals surface area contributed by atoms with Crippen molar-refractivity contribution in [2.24, 2.45) is 0 Å². The molecule has 0 bridgehead atoms. The quantitative estimate of drug-likeness (QED) is 0.725. The van der Waals surface area contributed by atoms with E-state index >= 15 is 0 Å². The number of carbonyl (C=O) groups is 1. The lowest BCUT2D eigenvalue weighted by atomic mass is 9.96. The van der Waals surface area contributed by atoms with Gasteiger partial charge in [0.1, 0.15) is 11.0 Å². The number of carbonyl (C=O) groups excluding carboxylic acids is 1. The number of amides is 1. The SMILES string of the molecule is CN(Cc1ccc2nonc2c1)C(=O)c1cn(C2CCCCC2)nn1. The number of hydrogen-bond donors (Lipinski definition) is 0. The molecule has 3 aromatic rings. The second kappa shape index (κ2) is 6.62. The third-order valence-corrected chi connectivity index (χ3v) is 4.76. The predicted molar refractivity (Wildman–Crippen MR) is 89.7 cm³/mol. The Balaban J connectivity index is 1.45. The minimum absolute atomic E-state index is 0.138. The van der Waals surface area contributed by atoms with E-state index < -0.39 is 0 Å². The molecular weight excluding hydrogens is 320 g/mol. The number of nitrogens with zero attached hydrogens (tertiary/aromatic N) is 6. The highest BCUT2D eigenvalue weighted by molar-refractivity contribution is 5.91. The third-order valence-electron chi connectivity index (χ3n) is 4.76. The molecule has 0 unspecified atom stereocenters. The smallest absolute Gasteiger partial charge is 0.276 e. The van der Waals surface area contributed by atoms with Crippen LogP contribution in [0.25, 0.3) is 11.0 Å². The van der Waals surface area contributed by atoms with Crippen molar-refractivity contribution in [2.45, 2.75) is 44.7 Å². The van der Waals surface area contributed by atoms with E-state index in [9.17, 15) is 4.79 Å². The van der Waals surface area contributed by atoms with Crippen LogP contribution in [0.15, 0.2) is 29.0 Å². The molecule has 1 aliphatic rings. The molecule has 0 radical (unpaired) electrons. The Labute approximate surface area is 144 Å². The first-order valence-corrected chi connectivity index (χ1v) is 8.59. The Hall–Kier alpha value is -2.77. The fourth-order valence-electron chi connectivity index (χ4n) is 3.37.